The fraction of sp³-hybridized carbons (Fsp3) is 0.316. The molecule has 1 amide bonds. The van der Waals surface area contributed by atoms with Gasteiger partial charge in [-0.05, 0) is 41.8 Å². The quantitative estimate of drug-likeness (QED) is 0.789. The first-order valence-corrected chi connectivity index (χ1v) is 9.06. The molecule has 1 unspecified atom stereocenters. The first kappa shape index (κ1) is 18.8. The number of anilines is 1. The van der Waals surface area contributed by atoms with E-state index in [1.165, 1.54) is 11.3 Å². The van der Waals surface area contributed by atoms with E-state index in [2.05, 4.69) is 17.3 Å². The number of ether oxygens (including phenoxy) is 1. The summed E-state index contributed by atoms with van der Waals surface area (Å²) in [5, 5.41) is 13.8. The number of hydrogen-bond donors (Lipinski definition) is 2. The number of nitrogens with zero attached hydrogens (tertiary/aromatic N) is 1. The van der Waals surface area contributed by atoms with Gasteiger partial charge in [-0.3, -0.25) is 4.79 Å². The Morgan fingerprint density at radius 1 is 1.31 bits per heavy atom. The lowest BCUT2D eigenvalue weighted by molar-refractivity contribution is -0.123. The van der Waals surface area contributed by atoms with Crippen LogP contribution >= 0.6 is 23.2 Å². The average Bonchev–Trinajstić information content (AvgIpc) is 2.99. The molecule has 138 valence electrons. The Kier molecular flexibility index (Phi) is 5.91. The fourth-order valence-electron chi connectivity index (χ4n) is 2.91. The molecule has 5 nitrogen and oxygen atoms in total. The van der Waals surface area contributed by atoms with Gasteiger partial charge in [0.2, 0.25) is 0 Å². The van der Waals surface area contributed by atoms with Crippen LogP contribution in [0.4, 0.5) is 5.69 Å². The molecule has 0 saturated heterocycles. The second kappa shape index (κ2) is 8.16. The van der Waals surface area contributed by atoms with Gasteiger partial charge in [0.1, 0.15) is 5.75 Å². The predicted octanol–water partition coefficient (Wildman–Crippen LogP) is 3.21. The van der Waals surface area contributed by atoms with Crippen molar-refractivity contribution in [3.63, 3.8) is 0 Å². The normalized spacial score (nSPS) is 14.1. The van der Waals surface area contributed by atoms with Crippen LogP contribution in [0, 0.1) is 0 Å². The average molecular weight is 395 g/mol. The van der Waals surface area contributed by atoms with Crippen LogP contribution in [0.5, 0.6) is 5.75 Å². The molecule has 0 spiro atoms. The summed E-state index contributed by atoms with van der Waals surface area (Å²) in [4.78, 5) is 14.1. The van der Waals surface area contributed by atoms with Gasteiger partial charge in [-0.15, -0.1) is 0 Å². The number of rotatable bonds is 6. The highest BCUT2D eigenvalue weighted by Gasteiger charge is 2.18. The number of aliphatic hydroxyl groups is 1. The number of aliphatic hydroxyl groups excluding tert-OH is 1. The molecule has 0 aliphatic carbocycles. The number of carbonyl (C=O) groups is 1. The molecule has 0 bridgehead atoms. The highest BCUT2D eigenvalue weighted by molar-refractivity contribution is 6.35. The molecule has 3 rings (SSSR count). The van der Waals surface area contributed by atoms with E-state index in [0.29, 0.717) is 15.8 Å². The SMILES string of the molecule is CN1CCc2cc(C(O)CNC(=O)COc3ccc(Cl)cc3Cl)ccc21. The highest BCUT2D eigenvalue weighted by Crippen LogP contribution is 2.29. The van der Waals surface area contributed by atoms with Crippen LogP contribution in [0.15, 0.2) is 36.4 Å². The van der Waals surface area contributed by atoms with Crippen LogP contribution in [-0.2, 0) is 11.2 Å². The van der Waals surface area contributed by atoms with Crippen LogP contribution in [0.1, 0.15) is 17.2 Å². The molecule has 0 radical (unpaired) electrons. The van der Waals surface area contributed by atoms with Crippen LogP contribution in [-0.4, -0.2) is 37.8 Å². The van der Waals surface area contributed by atoms with Crippen molar-refractivity contribution in [2.24, 2.45) is 0 Å². The molecular formula is C19H20Cl2N2O3. The van der Waals surface area contributed by atoms with Gasteiger partial charge in [0, 0.05) is 30.8 Å². The lowest BCUT2D eigenvalue weighted by Gasteiger charge is -2.16. The molecule has 2 aromatic rings. The Balaban J connectivity index is 1.49. The molecule has 2 aromatic carbocycles. The smallest absolute Gasteiger partial charge is 0.258 e. The molecule has 0 fully saturated rings. The van der Waals surface area contributed by atoms with Crippen molar-refractivity contribution in [2.45, 2.75) is 12.5 Å². The Hall–Kier alpha value is -1.95. The molecule has 1 atom stereocenters. The van der Waals surface area contributed by atoms with E-state index in [0.717, 1.165) is 18.5 Å². The first-order valence-electron chi connectivity index (χ1n) is 8.30. The second-order valence-electron chi connectivity index (χ2n) is 6.24. The first-order chi connectivity index (χ1) is 12.4. The third kappa shape index (κ3) is 4.41. The minimum atomic E-state index is -0.769. The van der Waals surface area contributed by atoms with Gasteiger partial charge in [-0.25, -0.2) is 0 Å². The maximum atomic E-state index is 11.9. The molecule has 1 aliphatic heterocycles. The van der Waals surface area contributed by atoms with Gasteiger partial charge in [-0.2, -0.15) is 0 Å². The molecular weight excluding hydrogens is 375 g/mol. The second-order valence-corrected chi connectivity index (χ2v) is 7.09. The van der Waals surface area contributed by atoms with Gasteiger partial charge in [0.15, 0.2) is 6.61 Å². The molecule has 26 heavy (non-hydrogen) atoms. The number of hydrogen-bond acceptors (Lipinski definition) is 4. The van der Waals surface area contributed by atoms with E-state index in [1.54, 1.807) is 18.2 Å². The summed E-state index contributed by atoms with van der Waals surface area (Å²) in [5.74, 6) is 0.0467. The summed E-state index contributed by atoms with van der Waals surface area (Å²) in [6.45, 7) is 0.907. The van der Waals surface area contributed by atoms with Gasteiger partial charge in [-0.1, -0.05) is 35.3 Å². The topological polar surface area (TPSA) is 61.8 Å². The number of fused-ring (bicyclic) bond motifs is 1. The third-order valence-electron chi connectivity index (χ3n) is 4.36. The number of carbonyl (C=O) groups excluding carboxylic acids is 1. The summed E-state index contributed by atoms with van der Waals surface area (Å²) < 4.78 is 5.37. The number of benzene rings is 2. The van der Waals surface area contributed by atoms with Crippen LogP contribution in [0.3, 0.4) is 0 Å². The van der Waals surface area contributed by atoms with E-state index in [4.69, 9.17) is 27.9 Å². The van der Waals surface area contributed by atoms with E-state index < -0.39 is 6.10 Å². The zero-order chi connectivity index (χ0) is 18.7. The Morgan fingerprint density at radius 2 is 2.12 bits per heavy atom. The summed E-state index contributed by atoms with van der Waals surface area (Å²) in [6.07, 6.45) is 0.198. The van der Waals surface area contributed by atoms with Crippen molar-refractivity contribution in [2.75, 3.05) is 31.6 Å². The highest BCUT2D eigenvalue weighted by atomic mass is 35.5. The molecule has 2 N–H and O–H groups in total. The molecule has 0 saturated carbocycles. The van der Waals surface area contributed by atoms with Crippen molar-refractivity contribution in [1.82, 2.24) is 5.32 Å². The standard InChI is InChI=1S/C19H20Cl2N2O3/c1-23-7-6-12-8-13(2-4-16(12)23)17(24)10-22-19(25)11-26-18-5-3-14(20)9-15(18)21/h2-5,8-9,17,24H,6-7,10-11H2,1H3,(H,22,25). The minimum absolute atomic E-state index is 0.116. The van der Waals surface area contributed by atoms with Gasteiger partial charge in [0.05, 0.1) is 11.1 Å². The molecule has 0 aromatic heterocycles. The fourth-order valence-corrected chi connectivity index (χ4v) is 3.37. The summed E-state index contributed by atoms with van der Waals surface area (Å²) >= 11 is 11.8. The van der Waals surface area contributed by atoms with E-state index in [1.807, 2.05) is 18.2 Å². The van der Waals surface area contributed by atoms with Crippen LogP contribution in [0.25, 0.3) is 0 Å². The third-order valence-corrected chi connectivity index (χ3v) is 4.89. The largest absolute Gasteiger partial charge is 0.482 e. The van der Waals surface area contributed by atoms with Crippen molar-refractivity contribution in [3.05, 3.63) is 57.6 Å². The lowest BCUT2D eigenvalue weighted by atomic mass is 10.0. The van der Waals surface area contributed by atoms with Crippen LogP contribution in [0.2, 0.25) is 10.0 Å². The summed E-state index contributed by atoms with van der Waals surface area (Å²) in [7, 11) is 2.05. The predicted molar refractivity (Wildman–Crippen MR) is 103 cm³/mol. The molecule has 1 aliphatic rings. The Labute approximate surface area is 162 Å². The van der Waals surface area contributed by atoms with E-state index in [9.17, 15) is 9.90 Å². The molecule has 7 heteroatoms. The van der Waals surface area contributed by atoms with Gasteiger partial charge >= 0.3 is 0 Å². The Morgan fingerprint density at radius 3 is 2.88 bits per heavy atom. The van der Waals surface area contributed by atoms with Gasteiger partial charge < -0.3 is 20.1 Å². The lowest BCUT2D eigenvalue weighted by Crippen LogP contribution is -2.32. The monoisotopic (exact) mass is 394 g/mol. The van der Waals surface area contributed by atoms with Crippen molar-refractivity contribution >= 4 is 34.8 Å². The van der Waals surface area contributed by atoms with Gasteiger partial charge in [0.25, 0.3) is 5.91 Å². The van der Waals surface area contributed by atoms with E-state index >= 15 is 0 Å². The van der Waals surface area contributed by atoms with Crippen LogP contribution < -0.4 is 15.0 Å². The van der Waals surface area contributed by atoms with Crippen molar-refractivity contribution in [1.29, 1.82) is 0 Å². The number of amides is 1. The summed E-state index contributed by atoms with van der Waals surface area (Å²) in [6, 6.07) is 10.7. The summed E-state index contributed by atoms with van der Waals surface area (Å²) in [5.41, 5.74) is 3.20. The van der Waals surface area contributed by atoms with Crippen molar-refractivity contribution in [3.8, 4) is 5.75 Å². The number of halogens is 2. The molecule has 1 heterocycles. The number of nitrogens with one attached hydrogen (secondary N) is 1. The Bertz CT molecular complexity index is 813. The maximum Gasteiger partial charge on any atom is 0.258 e. The minimum Gasteiger partial charge on any atom is -0.482 e. The van der Waals surface area contributed by atoms with Crippen molar-refractivity contribution < 1.29 is 14.6 Å². The van der Waals surface area contributed by atoms with E-state index in [-0.39, 0.29) is 19.1 Å². The zero-order valence-corrected chi connectivity index (χ0v) is 15.8. The number of likely N-dealkylation sites (N-methyl/N-ethyl adjacent to an activating group) is 1. The maximum absolute atomic E-state index is 11.9. The zero-order valence-electron chi connectivity index (χ0n) is 14.3.